The Bertz CT molecular complexity index is 596. The zero-order chi connectivity index (χ0) is 14.4. The van der Waals surface area contributed by atoms with Gasteiger partial charge >= 0.3 is 11.8 Å². The van der Waals surface area contributed by atoms with Crippen molar-refractivity contribution in [3.8, 4) is 0 Å². The van der Waals surface area contributed by atoms with Crippen LogP contribution in [0.5, 0.6) is 0 Å². The van der Waals surface area contributed by atoms with Gasteiger partial charge in [-0.05, 0) is 30.2 Å². The monoisotopic (exact) mass is 270 g/mol. The van der Waals surface area contributed by atoms with Crippen molar-refractivity contribution < 1.29 is 9.59 Å². The van der Waals surface area contributed by atoms with Crippen molar-refractivity contribution in [1.82, 2.24) is 9.97 Å². The number of anilines is 2. The maximum atomic E-state index is 11.7. The number of nitrogens with one attached hydrogen (secondary N) is 2. The van der Waals surface area contributed by atoms with Gasteiger partial charge in [0, 0.05) is 18.1 Å². The summed E-state index contributed by atoms with van der Waals surface area (Å²) >= 11 is 0. The van der Waals surface area contributed by atoms with Crippen LogP contribution >= 0.6 is 0 Å². The van der Waals surface area contributed by atoms with Crippen LogP contribution in [0, 0.1) is 0 Å². The second-order valence-corrected chi connectivity index (χ2v) is 4.03. The fraction of sp³-hybridized carbons (Fsp3) is 0.143. The molecular weight excluding hydrogens is 256 g/mol. The maximum Gasteiger partial charge on any atom is 0.316 e. The molecule has 0 bridgehead atoms. The SMILES string of the molecule is CCc1ccc(NC(=O)C(=O)Nc2ncccn2)cc1. The van der Waals surface area contributed by atoms with Gasteiger partial charge in [0.15, 0.2) is 0 Å². The number of benzene rings is 1. The first-order valence-electron chi connectivity index (χ1n) is 6.17. The minimum Gasteiger partial charge on any atom is -0.318 e. The van der Waals surface area contributed by atoms with Crippen LogP contribution in [-0.4, -0.2) is 21.8 Å². The van der Waals surface area contributed by atoms with E-state index in [1.165, 1.54) is 12.4 Å². The fourth-order valence-corrected chi connectivity index (χ4v) is 1.53. The lowest BCUT2D eigenvalue weighted by Gasteiger charge is -2.06. The summed E-state index contributed by atoms with van der Waals surface area (Å²) in [6.45, 7) is 2.04. The Morgan fingerprint density at radius 2 is 1.60 bits per heavy atom. The van der Waals surface area contributed by atoms with Gasteiger partial charge in [0.1, 0.15) is 0 Å². The number of nitrogens with zero attached hydrogens (tertiary/aromatic N) is 2. The van der Waals surface area contributed by atoms with E-state index in [2.05, 4.69) is 20.6 Å². The summed E-state index contributed by atoms with van der Waals surface area (Å²) in [7, 11) is 0. The second kappa shape index (κ2) is 6.42. The molecule has 1 aromatic carbocycles. The fourth-order valence-electron chi connectivity index (χ4n) is 1.53. The lowest BCUT2D eigenvalue weighted by atomic mass is 10.1. The first-order valence-corrected chi connectivity index (χ1v) is 6.17. The van der Waals surface area contributed by atoms with Crippen LogP contribution in [0.2, 0.25) is 0 Å². The highest BCUT2D eigenvalue weighted by atomic mass is 16.2. The first kappa shape index (κ1) is 13.7. The van der Waals surface area contributed by atoms with E-state index in [-0.39, 0.29) is 5.95 Å². The molecule has 0 saturated carbocycles. The van der Waals surface area contributed by atoms with Crippen LogP contribution in [0.3, 0.4) is 0 Å². The molecule has 102 valence electrons. The molecule has 6 nitrogen and oxygen atoms in total. The molecule has 0 aliphatic rings. The topological polar surface area (TPSA) is 84.0 Å². The Balaban J connectivity index is 1.95. The molecule has 1 aromatic heterocycles. The minimum absolute atomic E-state index is 0.0916. The lowest BCUT2D eigenvalue weighted by molar-refractivity contribution is -0.133. The molecule has 0 fully saturated rings. The van der Waals surface area contributed by atoms with Gasteiger partial charge in [-0.1, -0.05) is 19.1 Å². The molecular formula is C14H14N4O2. The zero-order valence-electron chi connectivity index (χ0n) is 11.0. The molecule has 2 N–H and O–H groups in total. The summed E-state index contributed by atoms with van der Waals surface area (Å²) in [6.07, 6.45) is 3.87. The first-order chi connectivity index (χ1) is 9.69. The summed E-state index contributed by atoms with van der Waals surface area (Å²) < 4.78 is 0. The average Bonchev–Trinajstić information content (AvgIpc) is 2.49. The highest BCUT2D eigenvalue weighted by Gasteiger charge is 2.14. The number of carbonyl (C=O) groups excluding carboxylic acids is 2. The summed E-state index contributed by atoms with van der Waals surface area (Å²) in [4.78, 5) is 30.9. The van der Waals surface area contributed by atoms with Crippen LogP contribution < -0.4 is 10.6 Å². The van der Waals surface area contributed by atoms with Gasteiger partial charge < -0.3 is 5.32 Å². The standard InChI is InChI=1S/C14H14N4O2/c1-2-10-4-6-11(7-5-10)17-12(19)13(20)18-14-15-8-3-9-16-14/h3-9H,2H2,1H3,(H,17,19)(H,15,16,18,20). The van der Waals surface area contributed by atoms with E-state index in [1.54, 1.807) is 18.2 Å². The second-order valence-electron chi connectivity index (χ2n) is 4.03. The quantitative estimate of drug-likeness (QED) is 0.830. The van der Waals surface area contributed by atoms with Crippen molar-refractivity contribution in [2.24, 2.45) is 0 Å². The average molecular weight is 270 g/mol. The van der Waals surface area contributed by atoms with Crippen LogP contribution in [0.15, 0.2) is 42.7 Å². The molecule has 2 rings (SSSR count). The maximum absolute atomic E-state index is 11.7. The molecule has 0 unspecified atom stereocenters. The molecule has 0 aliphatic heterocycles. The van der Waals surface area contributed by atoms with E-state index < -0.39 is 11.8 Å². The van der Waals surface area contributed by atoms with Gasteiger partial charge in [0.25, 0.3) is 0 Å². The molecule has 1 heterocycles. The normalized spacial score (nSPS) is 9.85. The number of aromatic nitrogens is 2. The molecule has 2 amide bonds. The van der Waals surface area contributed by atoms with Gasteiger partial charge in [-0.3, -0.25) is 14.9 Å². The molecule has 0 radical (unpaired) electrons. The zero-order valence-corrected chi connectivity index (χ0v) is 11.0. The van der Waals surface area contributed by atoms with Crippen molar-refractivity contribution in [3.63, 3.8) is 0 Å². The van der Waals surface area contributed by atoms with Crippen molar-refractivity contribution in [2.45, 2.75) is 13.3 Å². The Morgan fingerprint density at radius 1 is 1.00 bits per heavy atom. The van der Waals surface area contributed by atoms with Crippen molar-refractivity contribution >= 4 is 23.5 Å². The van der Waals surface area contributed by atoms with Gasteiger partial charge in [-0.2, -0.15) is 0 Å². The van der Waals surface area contributed by atoms with E-state index in [9.17, 15) is 9.59 Å². The van der Waals surface area contributed by atoms with Crippen LogP contribution in [0.1, 0.15) is 12.5 Å². The molecule has 6 heteroatoms. The molecule has 0 atom stereocenters. The van der Waals surface area contributed by atoms with Gasteiger partial charge in [-0.25, -0.2) is 9.97 Å². The van der Waals surface area contributed by atoms with Gasteiger partial charge in [0.05, 0.1) is 0 Å². The van der Waals surface area contributed by atoms with E-state index in [1.807, 2.05) is 19.1 Å². The summed E-state index contributed by atoms with van der Waals surface area (Å²) in [5, 5.41) is 4.82. The third-order valence-electron chi connectivity index (χ3n) is 2.62. The van der Waals surface area contributed by atoms with Gasteiger partial charge in [-0.15, -0.1) is 0 Å². The van der Waals surface area contributed by atoms with Crippen molar-refractivity contribution in [1.29, 1.82) is 0 Å². The smallest absolute Gasteiger partial charge is 0.316 e. The Morgan fingerprint density at radius 3 is 2.20 bits per heavy atom. The molecule has 0 aliphatic carbocycles. The Labute approximate surface area is 116 Å². The lowest BCUT2D eigenvalue weighted by Crippen LogP contribution is -2.29. The number of rotatable bonds is 3. The van der Waals surface area contributed by atoms with E-state index in [0.717, 1.165) is 12.0 Å². The molecule has 0 spiro atoms. The highest BCUT2D eigenvalue weighted by Crippen LogP contribution is 2.09. The third-order valence-corrected chi connectivity index (χ3v) is 2.62. The van der Waals surface area contributed by atoms with Gasteiger partial charge in [0.2, 0.25) is 5.95 Å². The van der Waals surface area contributed by atoms with E-state index >= 15 is 0 Å². The molecule has 20 heavy (non-hydrogen) atoms. The number of amides is 2. The number of carbonyl (C=O) groups is 2. The molecule has 2 aromatic rings. The number of aryl methyl sites for hydroxylation is 1. The van der Waals surface area contributed by atoms with Crippen molar-refractivity contribution in [3.05, 3.63) is 48.3 Å². The summed E-state index contributed by atoms with van der Waals surface area (Å²) in [6, 6.07) is 8.92. The predicted octanol–water partition coefficient (Wildman–Crippen LogP) is 1.62. The third kappa shape index (κ3) is 3.61. The molecule has 0 saturated heterocycles. The predicted molar refractivity (Wildman–Crippen MR) is 75.1 cm³/mol. The largest absolute Gasteiger partial charge is 0.318 e. The van der Waals surface area contributed by atoms with Crippen LogP contribution in [0.4, 0.5) is 11.6 Å². The minimum atomic E-state index is -0.809. The number of hydrogen-bond donors (Lipinski definition) is 2. The summed E-state index contributed by atoms with van der Waals surface area (Å²) in [5.74, 6) is -1.48. The number of hydrogen-bond acceptors (Lipinski definition) is 4. The van der Waals surface area contributed by atoms with E-state index in [0.29, 0.717) is 5.69 Å². The Hall–Kier alpha value is -2.76. The van der Waals surface area contributed by atoms with E-state index in [4.69, 9.17) is 0 Å². The summed E-state index contributed by atoms with van der Waals surface area (Å²) in [5.41, 5.74) is 1.72. The van der Waals surface area contributed by atoms with Crippen LogP contribution in [-0.2, 0) is 16.0 Å². The highest BCUT2D eigenvalue weighted by molar-refractivity contribution is 6.43. The van der Waals surface area contributed by atoms with Crippen molar-refractivity contribution in [2.75, 3.05) is 10.6 Å². The Kier molecular flexibility index (Phi) is 4.39. The van der Waals surface area contributed by atoms with Crippen LogP contribution in [0.25, 0.3) is 0 Å².